The predicted molar refractivity (Wildman–Crippen MR) is 56.0 cm³/mol. The van der Waals surface area contributed by atoms with Crippen LogP contribution in [0.25, 0.3) is 0 Å². The van der Waals surface area contributed by atoms with E-state index in [2.05, 4.69) is 0 Å². The SMILES string of the molecule is Cc1cccc(S(=O)(=O)CC2CC2)c1. The van der Waals surface area contributed by atoms with Gasteiger partial charge in [-0.25, -0.2) is 8.42 Å². The first kappa shape index (κ1) is 9.71. The predicted octanol–water partition coefficient (Wildman–Crippen LogP) is 2.18. The number of benzene rings is 1. The van der Waals surface area contributed by atoms with Crippen LogP contribution in [-0.4, -0.2) is 14.2 Å². The van der Waals surface area contributed by atoms with E-state index < -0.39 is 9.84 Å². The Balaban J connectivity index is 2.28. The zero-order chi connectivity index (χ0) is 10.2. The van der Waals surface area contributed by atoms with Gasteiger partial charge in [0.1, 0.15) is 0 Å². The Morgan fingerprint density at radius 1 is 1.36 bits per heavy atom. The second kappa shape index (κ2) is 3.39. The smallest absolute Gasteiger partial charge is 0.178 e. The molecule has 1 aromatic rings. The zero-order valence-electron chi connectivity index (χ0n) is 8.23. The van der Waals surface area contributed by atoms with Crippen LogP contribution in [0.1, 0.15) is 18.4 Å². The van der Waals surface area contributed by atoms with E-state index in [-0.39, 0.29) is 0 Å². The van der Waals surface area contributed by atoms with Gasteiger partial charge in [0.25, 0.3) is 0 Å². The van der Waals surface area contributed by atoms with Gasteiger partial charge in [-0.2, -0.15) is 0 Å². The van der Waals surface area contributed by atoms with E-state index in [1.165, 1.54) is 0 Å². The summed E-state index contributed by atoms with van der Waals surface area (Å²) in [7, 11) is -3.02. The number of hydrogen-bond donors (Lipinski definition) is 0. The van der Waals surface area contributed by atoms with Gasteiger partial charge in [-0.05, 0) is 43.4 Å². The number of hydrogen-bond acceptors (Lipinski definition) is 2. The first-order valence-corrected chi connectivity index (χ1v) is 6.52. The minimum Gasteiger partial charge on any atom is -0.224 e. The van der Waals surface area contributed by atoms with E-state index in [0.717, 1.165) is 18.4 Å². The Bertz CT molecular complexity index is 430. The van der Waals surface area contributed by atoms with Gasteiger partial charge in [0.15, 0.2) is 9.84 Å². The number of sulfone groups is 1. The summed E-state index contributed by atoms with van der Waals surface area (Å²) in [6.07, 6.45) is 2.15. The minimum atomic E-state index is -3.02. The molecule has 2 nitrogen and oxygen atoms in total. The van der Waals surface area contributed by atoms with Crippen molar-refractivity contribution in [3.8, 4) is 0 Å². The van der Waals surface area contributed by atoms with E-state index in [9.17, 15) is 8.42 Å². The van der Waals surface area contributed by atoms with Crippen LogP contribution in [-0.2, 0) is 9.84 Å². The van der Waals surface area contributed by atoms with E-state index in [1.807, 2.05) is 13.0 Å². The van der Waals surface area contributed by atoms with Crippen LogP contribution in [0.15, 0.2) is 29.2 Å². The molecule has 0 bridgehead atoms. The third-order valence-electron chi connectivity index (χ3n) is 2.50. The molecular formula is C11H14O2S. The molecule has 76 valence electrons. The van der Waals surface area contributed by atoms with E-state index in [1.54, 1.807) is 18.2 Å². The highest BCUT2D eigenvalue weighted by Crippen LogP contribution is 2.32. The quantitative estimate of drug-likeness (QED) is 0.766. The first-order valence-electron chi connectivity index (χ1n) is 4.87. The van der Waals surface area contributed by atoms with Gasteiger partial charge < -0.3 is 0 Å². The molecule has 0 radical (unpaired) electrons. The number of aryl methyl sites for hydroxylation is 1. The molecule has 0 N–H and O–H groups in total. The number of rotatable bonds is 3. The normalized spacial score (nSPS) is 16.9. The molecule has 3 heteroatoms. The van der Waals surface area contributed by atoms with Gasteiger partial charge in [0.2, 0.25) is 0 Å². The fourth-order valence-electron chi connectivity index (χ4n) is 1.50. The zero-order valence-corrected chi connectivity index (χ0v) is 9.05. The highest BCUT2D eigenvalue weighted by Gasteiger charge is 2.28. The van der Waals surface area contributed by atoms with Gasteiger partial charge in [0, 0.05) is 0 Å². The van der Waals surface area contributed by atoms with Crippen molar-refractivity contribution in [1.82, 2.24) is 0 Å². The van der Waals surface area contributed by atoms with Crippen molar-refractivity contribution in [2.75, 3.05) is 5.75 Å². The van der Waals surface area contributed by atoms with E-state index in [4.69, 9.17) is 0 Å². The van der Waals surface area contributed by atoms with Crippen LogP contribution in [0.2, 0.25) is 0 Å². The molecule has 1 fully saturated rings. The molecule has 0 heterocycles. The standard InChI is InChI=1S/C11H14O2S/c1-9-3-2-4-11(7-9)14(12,13)8-10-5-6-10/h2-4,7,10H,5-6,8H2,1H3. The van der Waals surface area contributed by atoms with E-state index in [0.29, 0.717) is 16.6 Å². The summed E-state index contributed by atoms with van der Waals surface area (Å²) >= 11 is 0. The van der Waals surface area contributed by atoms with Crippen molar-refractivity contribution < 1.29 is 8.42 Å². The fourth-order valence-corrected chi connectivity index (χ4v) is 3.30. The molecule has 1 aliphatic rings. The van der Waals surface area contributed by atoms with Crippen LogP contribution in [0, 0.1) is 12.8 Å². The van der Waals surface area contributed by atoms with Crippen molar-refractivity contribution >= 4 is 9.84 Å². The maximum absolute atomic E-state index is 11.8. The van der Waals surface area contributed by atoms with Gasteiger partial charge >= 0.3 is 0 Å². The Labute approximate surface area is 84.9 Å². The molecule has 0 aliphatic heterocycles. The maximum Gasteiger partial charge on any atom is 0.178 e. The summed E-state index contributed by atoms with van der Waals surface area (Å²) in [5, 5.41) is 0. The Hall–Kier alpha value is -0.830. The molecule has 1 aliphatic carbocycles. The topological polar surface area (TPSA) is 34.1 Å². The third-order valence-corrected chi connectivity index (χ3v) is 4.38. The summed E-state index contributed by atoms with van der Waals surface area (Å²) in [6.45, 7) is 1.91. The summed E-state index contributed by atoms with van der Waals surface area (Å²) in [4.78, 5) is 0.476. The van der Waals surface area contributed by atoms with Crippen molar-refractivity contribution in [1.29, 1.82) is 0 Å². The molecule has 0 amide bonds. The van der Waals surface area contributed by atoms with Gasteiger partial charge in [0.05, 0.1) is 10.6 Å². The molecule has 0 aromatic heterocycles. The lowest BCUT2D eigenvalue weighted by molar-refractivity contribution is 0.592. The van der Waals surface area contributed by atoms with Crippen LogP contribution >= 0.6 is 0 Å². The van der Waals surface area contributed by atoms with E-state index >= 15 is 0 Å². The van der Waals surface area contributed by atoms with Crippen LogP contribution < -0.4 is 0 Å². The second-order valence-electron chi connectivity index (χ2n) is 4.04. The second-order valence-corrected chi connectivity index (χ2v) is 6.08. The average Bonchev–Trinajstić information content (AvgIpc) is 2.87. The van der Waals surface area contributed by atoms with Crippen molar-refractivity contribution in [2.24, 2.45) is 5.92 Å². The van der Waals surface area contributed by atoms with Crippen LogP contribution in [0.4, 0.5) is 0 Å². The fraction of sp³-hybridized carbons (Fsp3) is 0.455. The summed E-state index contributed by atoms with van der Waals surface area (Å²) in [6, 6.07) is 7.15. The summed E-state index contributed by atoms with van der Waals surface area (Å²) < 4.78 is 23.7. The van der Waals surface area contributed by atoms with Crippen molar-refractivity contribution in [3.63, 3.8) is 0 Å². The molecule has 1 saturated carbocycles. The summed E-state index contributed by atoms with van der Waals surface area (Å²) in [5.74, 6) is 0.747. The maximum atomic E-state index is 11.8. The Morgan fingerprint density at radius 3 is 2.64 bits per heavy atom. The third kappa shape index (κ3) is 2.15. The lowest BCUT2D eigenvalue weighted by Gasteiger charge is -2.03. The molecule has 0 saturated heterocycles. The molecule has 0 spiro atoms. The highest BCUT2D eigenvalue weighted by atomic mass is 32.2. The Kier molecular flexibility index (Phi) is 2.35. The molecule has 1 aromatic carbocycles. The van der Waals surface area contributed by atoms with Gasteiger partial charge in [-0.3, -0.25) is 0 Å². The average molecular weight is 210 g/mol. The minimum absolute atomic E-state index is 0.330. The van der Waals surface area contributed by atoms with Crippen LogP contribution in [0.3, 0.4) is 0 Å². The molecule has 0 atom stereocenters. The van der Waals surface area contributed by atoms with Gasteiger partial charge in [-0.1, -0.05) is 12.1 Å². The van der Waals surface area contributed by atoms with Crippen molar-refractivity contribution in [2.45, 2.75) is 24.7 Å². The monoisotopic (exact) mass is 210 g/mol. The summed E-state index contributed by atoms with van der Waals surface area (Å²) in [5.41, 5.74) is 1.00. The van der Waals surface area contributed by atoms with Crippen LogP contribution in [0.5, 0.6) is 0 Å². The Morgan fingerprint density at radius 2 is 2.07 bits per heavy atom. The lowest BCUT2D eigenvalue weighted by atomic mass is 10.2. The van der Waals surface area contributed by atoms with Crippen molar-refractivity contribution in [3.05, 3.63) is 29.8 Å². The first-order chi connectivity index (χ1) is 6.58. The molecular weight excluding hydrogens is 196 g/mol. The molecule has 0 unspecified atom stereocenters. The molecule has 14 heavy (non-hydrogen) atoms. The lowest BCUT2D eigenvalue weighted by Crippen LogP contribution is -2.08. The molecule has 2 rings (SSSR count). The highest BCUT2D eigenvalue weighted by molar-refractivity contribution is 7.91. The van der Waals surface area contributed by atoms with Gasteiger partial charge in [-0.15, -0.1) is 0 Å². The largest absolute Gasteiger partial charge is 0.224 e.